The molecule has 11 nitrogen and oxygen atoms in total. The molecule has 0 aromatic rings. The van der Waals surface area contributed by atoms with E-state index in [2.05, 4.69) is 15.4 Å². The van der Waals surface area contributed by atoms with Gasteiger partial charge in [0.05, 0.1) is 13.2 Å². The second kappa shape index (κ2) is 19.6. The number of hydrogen-bond donors (Lipinski definition) is 6. The average Bonchev–Trinajstić information content (AvgIpc) is 2.62. The van der Waals surface area contributed by atoms with Crippen LogP contribution in [0.3, 0.4) is 0 Å². The van der Waals surface area contributed by atoms with E-state index in [9.17, 15) is 14.4 Å². The van der Waals surface area contributed by atoms with Crippen LogP contribution in [-0.4, -0.2) is 78.5 Å². The highest BCUT2D eigenvalue weighted by atomic mass is 16.6. The summed E-state index contributed by atoms with van der Waals surface area (Å²) in [5.74, 6) is -1.13. The highest BCUT2D eigenvalue weighted by molar-refractivity contribution is 5.79. The Hall–Kier alpha value is -2.11. The van der Waals surface area contributed by atoms with Crippen molar-refractivity contribution in [3.63, 3.8) is 0 Å². The van der Waals surface area contributed by atoms with Crippen LogP contribution in [0.2, 0.25) is 0 Å². The number of amides is 2. The number of ether oxygens (including phenoxy) is 2. The smallest absolute Gasteiger partial charge is 0.407 e. The van der Waals surface area contributed by atoms with Gasteiger partial charge in [-0.1, -0.05) is 6.42 Å². The molecule has 0 saturated carbocycles. The largest absolute Gasteiger partial charge is 0.480 e. The first-order chi connectivity index (χ1) is 13.2. The number of nitrogens with one attached hydrogen (secondary N) is 2. The zero-order valence-electron chi connectivity index (χ0n) is 16.7. The lowest BCUT2D eigenvalue weighted by Crippen LogP contribution is -2.38. The first-order valence-electron chi connectivity index (χ1n) is 9.28. The van der Waals surface area contributed by atoms with Crippen LogP contribution in [0.25, 0.3) is 0 Å². The second-order valence-corrected chi connectivity index (χ2v) is 6.03. The number of aliphatic carboxylic acids is 1. The van der Waals surface area contributed by atoms with Crippen LogP contribution in [-0.2, 0) is 14.3 Å². The minimum absolute atomic E-state index is 0.0433. The Morgan fingerprint density at radius 3 is 1.93 bits per heavy atom. The van der Waals surface area contributed by atoms with Crippen molar-refractivity contribution in [3.05, 3.63) is 0 Å². The summed E-state index contributed by atoms with van der Waals surface area (Å²) in [5.41, 5.74) is 5.58. The maximum atomic E-state index is 11.0. The molecule has 0 radical (unpaired) electrons. The maximum absolute atomic E-state index is 11.0. The number of hydrogen-bond acceptors (Lipinski definition) is 8. The Bertz CT molecular complexity index is 421. The molecule has 0 aliphatic heterocycles. The zero-order chi connectivity index (χ0) is 21.8. The molecule has 28 heavy (non-hydrogen) atoms. The lowest BCUT2D eigenvalue weighted by atomic mass is 10.1. The lowest BCUT2D eigenvalue weighted by molar-refractivity contribution is -0.138. The molecule has 0 aliphatic rings. The van der Waals surface area contributed by atoms with Gasteiger partial charge in [0.15, 0.2) is 0 Å². The van der Waals surface area contributed by atoms with Gasteiger partial charge in [-0.3, -0.25) is 4.79 Å². The molecule has 2 amide bonds. The predicted octanol–water partition coefficient (Wildman–Crippen LogP) is 0.181. The summed E-state index contributed by atoms with van der Waals surface area (Å²) < 4.78 is 9.31. The summed E-state index contributed by atoms with van der Waals surface area (Å²) in [4.78, 5) is 32.0. The number of carboxylic acid groups (broad SMARTS) is 1. The van der Waals surface area contributed by atoms with Crippen LogP contribution in [0.15, 0.2) is 0 Å². The Balaban J connectivity index is 0. The Morgan fingerprint density at radius 2 is 1.46 bits per heavy atom. The van der Waals surface area contributed by atoms with Gasteiger partial charge >= 0.3 is 18.2 Å². The van der Waals surface area contributed by atoms with Gasteiger partial charge in [-0.25, -0.2) is 9.59 Å². The summed E-state index contributed by atoms with van der Waals surface area (Å²) in [6.45, 7) is 4.23. The molecule has 7 N–H and O–H groups in total. The van der Waals surface area contributed by atoms with Crippen molar-refractivity contribution in [1.82, 2.24) is 10.6 Å². The molecule has 0 spiro atoms. The van der Waals surface area contributed by atoms with Crippen molar-refractivity contribution in [2.45, 2.75) is 58.0 Å². The van der Waals surface area contributed by atoms with Crippen LogP contribution in [0.1, 0.15) is 46.0 Å². The quantitative estimate of drug-likeness (QED) is 0.231. The van der Waals surface area contributed by atoms with Crippen LogP contribution >= 0.6 is 0 Å². The third-order valence-electron chi connectivity index (χ3n) is 3.13. The van der Waals surface area contributed by atoms with E-state index >= 15 is 0 Å². The van der Waals surface area contributed by atoms with E-state index in [4.69, 9.17) is 25.8 Å². The minimum atomic E-state index is -1.13. The van der Waals surface area contributed by atoms with E-state index in [0.29, 0.717) is 19.4 Å². The molecule has 0 unspecified atom stereocenters. The summed E-state index contributed by atoms with van der Waals surface area (Å²) in [6.07, 6.45) is 2.52. The van der Waals surface area contributed by atoms with Gasteiger partial charge in [0.2, 0.25) is 0 Å². The van der Waals surface area contributed by atoms with Crippen LogP contribution in [0.5, 0.6) is 0 Å². The van der Waals surface area contributed by atoms with Gasteiger partial charge in [-0.15, -0.1) is 0 Å². The van der Waals surface area contributed by atoms with E-state index in [-0.39, 0.29) is 32.5 Å². The molecule has 0 fully saturated rings. The van der Waals surface area contributed by atoms with Gasteiger partial charge < -0.3 is 41.2 Å². The van der Waals surface area contributed by atoms with Crippen LogP contribution in [0, 0.1) is 0 Å². The van der Waals surface area contributed by atoms with Crippen molar-refractivity contribution >= 4 is 18.2 Å². The third-order valence-corrected chi connectivity index (χ3v) is 3.13. The fourth-order valence-electron chi connectivity index (χ4n) is 1.57. The molecule has 0 aromatic heterocycles. The molecule has 11 heteroatoms. The number of aliphatic hydroxyl groups is 2. The van der Waals surface area contributed by atoms with Crippen molar-refractivity contribution in [2.24, 2.45) is 5.73 Å². The average molecular weight is 409 g/mol. The monoisotopic (exact) mass is 409 g/mol. The SMILES string of the molecule is C[C@@H](N)CCCCNC(=O)OCCCO.C[C@H](NC(=O)OCCCO)C(=O)O. The first kappa shape index (κ1) is 28.1. The van der Waals surface area contributed by atoms with E-state index in [0.717, 1.165) is 19.3 Å². The number of rotatable bonds is 13. The van der Waals surface area contributed by atoms with Gasteiger partial charge in [0, 0.05) is 38.6 Å². The number of carbonyl (C=O) groups excluding carboxylic acids is 2. The number of alkyl carbamates (subject to hydrolysis) is 2. The number of aliphatic hydroxyl groups excluding tert-OH is 2. The van der Waals surface area contributed by atoms with Crippen molar-refractivity contribution in [3.8, 4) is 0 Å². The molecule has 0 aromatic carbocycles. The third kappa shape index (κ3) is 21.9. The number of carboxylic acids is 1. The van der Waals surface area contributed by atoms with Crippen LogP contribution < -0.4 is 16.4 Å². The number of nitrogens with two attached hydrogens (primary N) is 1. The fourth-order valence-corrected chi connectivity index (χ4v) is 1.57. The number of carbonyl (C=O) groups is 3. The van der Waals surface area contributed by atoms with Gasteiger partial charge in [-0.2, -0.15) is 0 Å². The minimum Gasteiger partial charge on any atom is -0.480 e. The molecule has 0 heterocycles. The van der Waals surface area contributed by atoms with Gasteiger partial charge in [-0.05, 0) is 26.7 Å². The summed E-state index contributed by atoms with van der Waals surface area (Å²) in [5, 5.41) is 29.9. The molecule has 2 atom stereocenters. The maximum Gasteiger partial charge on any atom is 0.407 e. The fraction of sp³-hybridized carbons (Fsp3) is 0.824. The topological polar surface area (TPSA) is 180 Å². The van der Waals surface area contributed by atoms with Crippen molar-refractivity contribution < 1.29 is 39.2 Å². The lowest BCUT2D eigenvalue weighted by Gasteiger charge is -2.09. The Morgan fingerprint density at radius 1 is 0.929 bits per heavy atom. The van der Waals surface area contributed by atoms with Gasteiger partial charge in [0.1, 0.15) is 6.04 Å². The normalized spacial score (nSPS) is 12.0. The molecular weight excluding hydrogens is 374 g/mol. The van der Waals surface area contributed by atoms with Gasteiger partial charge in [0.25, 0.3) is 0 Å². The van der Waals surface area contributed by atoms with E-state index in [1.807, 2.05) is 6.92 Å². The van der Waals surface area contributed by atoms with Crippen molar-refractivity contribution in [2.75, 3.05) is 33.0 Å². The standard InChI is InChI=1S/C10H22N2O3.C7H13NO5/c1-9(11)5-2-3-6-12-10(14)15-8-4-7-13;1-5(6(10)11)8-7(12)13-4-2-3-9/h9,13H,2-8,11H2,1H3,(H,12,14);5,9H,2-4H2,1H3,(H,8,12)(H,10,11)/t9-;5-/m10/s1. The number of unbranched alkanes of at least 4 members (excludes halogenated alkanes) is 1. The molecular formula is C17H35N3O8. The summed E-state index contributed by atoms with van der Waals surface area (Å²) in [6, 6.07) is -0.747. The molecule has 0 rings (SSSR count). The highest BCUT2D eigenvalue weighted by Gasteiger charge is 2.14. The summed E-state index contributed by atoms with van der Waals surface area (Å²) >= 11 is 0. The molecule has 166 valence electrons. The van der Waals surface area contributed by atoms with Crippen LogP contribution in [0.4, 0.5) is 9.59 Å². The van der Waals surface area contributed by atoms with E-state index < -0.39 is 24.2 Å². The van der Waals surface area contributed by atoms with E-state index in [1.165, 1.54) is 6.92 Å². The Kier molecular flexibility index (Phi) is 19.7. The predicted molar refractivity (Wildman–Crippen MR) is 102 cm³/mol. The summed E-state index contributed by atoms with van der Waals surface area (Å²) in [7, 11) is 0. The van der Waals surface area contributed by atoms with E-state index in [1.54, 1.807) is 0 Å². The molecule has 0 aliphatic carbocycles. The van der Waals surface area contributed by atoms with Crippen molar-refractivity contribution in [1.29, 1.82) is 0 Å². The molecule has 0 bridgehead atoms. The Labute approximate surface area is 165 Å². The zero-order valence-corrected chi connectivity index (χ0v) is 16.7. The highest BCUT2D eigenvalue weighted by Crippen LogP contribution is 1.97. The molecule has 0 saturated heterocycles. The second-order valence-electron chi connectivity index (χ2n) is 6.03. The first-order valence-corrected chi connectivity index (χ1v) is 9.28.